The molecule has 1 aliphatic rings. The van der Waals surface area contributed by atoms with E-state index in [2.05, 4.69) is 5.32 Å². The first-order chi connectivity index (χ1) is 10.5. The molecule has 22 heavy (non-hydrogen) atoms. The molecule has 6 heteroatoms. The number of nitrogens with two attached hydrogens (primary N) is 1. The summed E-state index contributed by atoms with van der Waals surface area (Å²) in [4.78, 5) is 35.1. The maximum Gasteiger partial charge on any atom is 0.240 e. The van der Waals surface area contributed by atoms with E-state index in [1.165, 1.54) is 18.2 Å². The van der Waals surface area contributed by atoms with E-state index < -0.39 is 23.7 Å². The summed E-state index contributed by atoms with van der Waals surface area (Å²) < 4.78 is 13.1. The van der Waals surface area contributed by atoms with Gasteiger partial charge in [-0.1, -0.05) is 12.1 Å². The molecule has 0 aromatic heterocycles. The Balaban J connectivity index is 1.99. The number of ketones is 1. The predicted octanol–water partition coefficient (Wildman–Crippen LogP) is 1.10. The van der Waals surface area contributed by atoms with Crippen molar-refractivity contribution in [3.8, 4) is 0 Å². The highest BCUT2D eigenvalue weighted by atomic mass is 19.1. The average molecular weight is 306 g/mol. The summed E-state index contributed by atoms with van der Waals surface area (Å²) in [6.07, 6.45) is 2.11. The molecular formula is C16H19FN2O3. The van der Waals surface area contributed by atoms with Gasteiger partial charge in [-0.25, -0.2) is 4.39 Å². The molecule has 1 aromatic rings. The van der Waals surface area contributed by atoms with Gasteiger partial charge in [0.1, 0.15) is 17.6 Å². The Hall–Kier alpha value is -2.24. The molecule has 0 radical (unpaired) electrons. The van der Waals surface area contributed by atoms with E-state index in [4.69, 9.17) is 5.73 Å². The molecule has 1 fully saturated rings. The van der Waals surface area contributed by atoms with Crippen molar-refractivity contribution in [2.24, 2.45) is 11.7 Å². The molecule has 0 aliphatic heterocycles. The minimum Gasteiger partial charge on any atom is -0.368 e. The van der Waals surface area contributed by atoms with Gasteiger partial charge >= 0.3 is 0 Å². The summed E-state index contributed by atoms with van der Waals surface area (Å²) >= 11 is 0. The van der Waals surface area contributed by atoms with Crippen molar-refractivity contribution >= 4 is 17.6 Å². The van der Waals surface area contributed by atoms with Gasteiger partial charge in [-0.15, -0.1) is 0 Å². The number of nitrogens with one attached hydrogen (secondary N) is 1. The van der Waals surface area contributed by atoms with Gasteiger partial charge in [0.15, 0.2) is 0 Å². The summed E-state index contributed by atoms with van der Waals surface area (Å²) in [5.41, 5.74) is 5.87. The Morgan fingerprint density at radius 2 is 2.18 bits per heavy atom. The van der Waals surface area contributed by atoms with Crippen LogP contribution in [0.3, 0.4) is 0 Å². The van der Waals surface area contributed by atoms with Gasteiger partial charge in [0.25, 0.3) is 0 Å². The van der Waals surface area contributed by atoms with E-state index in [0.29, 0.717) is 24.8 Å². The van der Waals surface area contributed by atoms with Crippen LogP contribution >= 0.6 is 0 Å². The Morgan fingerprint density at radius 3 is 2.82 bits per heavy atom. The quantitative estimate of drug-likeness (QED) is 0.853. The van der Waals surface area contributed by atoms with Gasteiger partial charge in [0.05, 0.1) is 6.42 Å². The highest BCUT2D eigenvalue weighted by Crippen LogP contribution is 2.24. The highest BCUT2D eigenvalue weighted by Gasteiger charge is 2.31. The predicted molar refractivity (Wildman–Crippen MR) is 78.2 cm³/mol. The lowest BCUT2D eigenvalue weighted by molar-refractivity contribution is -0.130. The van der Waals surface area contributed by atoms with Crippen LogP contribution in [0.25, 0.3) is 0 Å². The molecule has 2 atom stereocenters. The van der Waals surface area contributed by atoms with E-state index in [1.54, 1.807) is 6.07 Å². The lowest BCUT2D eigenvalue weighted by atomic mass is 9.83. The fraction of sp³-hybridized carbons (Fsp3) is 0.438. The lowest BCUT2D eigenvalue weighted by Crippen LogP contribution is -2.50. The van der Waals surface area contributed by atoms with E-state index in [-0.39, 0.29) is 24.5 Å². The third-order valence-electron chi connectivity index (χ3n) is 3.87. The maximum atomic E-state index is 13.1. The second kappa shape index (κ2) is 7.15. The molecule has 0 unspecified atom stereocenters. The van der Waals surface area contributed by atoms with Gasteiger partial charge in [0, 0.05) is 12.8 Å². The van der Waals surface area contributed by atoms with E-state index in [0.717, 1.165) is 0 Å². The standard InChI is InChI=1S/C16H19FN2O3/c17-12-5-1-3-10(7-12)8-14(21)19-15(16(18)22)11-4-2-6-13(20)9-11/h1,3,5,7,11,15H,2,4,6,8-9H2,(H2,18,22)(H,19,21)/t11-,15-/m1/s1. The lowest BCUT2D eigenvalue weighted by Gasteiger charge is -2.28. The van der Waals surface area contributed by atoms with Crippen LogP contribution in [0.2, 0.25) is 0 Å². The van der Waals surface area contributed by atoms with Crippen LogP contribution in [-0.2, 0) is 20.8 Å². The molecule has 5 nitrogen and oxygen atoms in total. The van der Waals surface area contributed by atoms with Crippen molar-refractivity contribution < 1.29 is 18.8 Å². The highest BCUT2D eigenvalue weighted by molar-refractivity contribution is 5.89. The number of Topliss-reactive ketones (excluding diaryl/α,β-unsaturated/α-hetero) is 1. The number of primary amides is 1. The van der Waals surface area contributed by atoms with Crippen LogP contribution in [0.1, 0.15) is 31.2 Å². The van der Waals surface area contributed by atoms with Gasteiger partial charge in [-0.3, -0.25) is 14.4 Å². The summed E-state index contributed by atoms with van der Waals surface area (Å²) in [6.45, 7) is 0. The van der Waals surface area contributed by atoms with Crippen molar-refractivity contribution in [2.45, 2.75) is 38.1 Å². The normalized spacial score (nSPS) is 19.5. The summed E-state index contributed by atoms with van der Waals surface area (Å²) in [6, 6.07) is 4.85. The van der Waals surface area contributed by atoms with Crippen molar-refractivity contribution in [3.63, 3.8) is 0 Å². The first kappa shape index (κ1) is 16.1. The second-order valence-electron chi connectivity index (χ2n) is 5.65. The van der Waals surface area contributed by atoms with Crippen LogP contribution in [-0.4, -0.2) is 23.6 Å². The topological polar surface area (TPSA) is 89.3 Å². The van der Waals surface area contributed by atoms with E-state index >= 15 is 0 Å². The van der Waals surface area contributed by atoms with Gasteiger partial charge in [0.2, 0.25) is 11.8 Å². The second-order valence-corrected chi connectivity index (χ2v) is 5.65. The molecule has 1 aromatic carbocycles. The van der Waals surface area contributed by atoms with Crippen molar-refractivity contribution in [3.05, 3.63) is 35.6 Å². The molecule has 2 rings (SSSR count). The Bertz CT molecular complexity index is 589. The molecule has 1 saturated carbocycles. The SMILES string of the molecule is NC(=O)[C@H](NC(=O)Cc1cccc(F)c1)[C@@H]1CCCC(=O)C1. The van der Waals surface area contributed by atoms with Crippen molar-refractivity contribution in [1.82, 2.24) is 5.32 Å². The van der Waals surface area contributed by atoms with Crippen molar-refractivity contribution in [1.29, 1.82) is 0 Å². The smallest absolute Gasteiger partial charge is 0.240 e. The van der Waals surface area contributed by atoms with Crippen LogP contribution < -0.4 is 11.1 Å². The van der Waals surface area contributed by atoms with Crippen LogP contribution in [0.15, 0.2) is 24.3 Å². The number of halogens is 1. The zero-order valence-electron chi connectivity index (χ0n) is 12.2. The van der Waals surface area contributed by atoms with Gasteiger partial charge in [-0.2, -0.15) is 0 Å². The fourth-order valence-corrected chi connectivity index (χ4v) is 2.82. The first-order valence-electron chi connectivity index (χ1n) is 7.30. The Morgan fingerprint density at radius 1 is 1.41 bits per heavy atom. The number of hydrogen-bond donors (Lipinski definition) is 2. The first-order valence-corrected chi connectivity index (χ1v) is 7.30. The molecule has 0 bridgehead atoms. The van der Waals surface area contributed by atoms with Gasteiger partial charge in [-0.05, 0) is 36.5 Å². The van der Waals surface area contributed by atoms with Crippen molar-refractivity contribution in [2.75, 3.05) is 0 Å². The minimum atomic E-state index is -0.856. The maximum absolute atomic E-state index is 13.1. The zero-order chi connectivity index (χ0) is 16.1. The molecule has 0 saturated heterocycles. The number of amides is 2. The van der Waals surface area contributed by atoms with Crippen LogP contribution in [0, 0.1) is 11.7 Å². The third kappa shape index (κ3) is 4.38. The monoisotopic (exact) mass is 306 g/mol. The molecule has 0 spiro atoms. The number of carbonyl (C=O) groups excluding carboxylic acids is 3. The molecule has 118 valence electrons. The summed E-state index contributed by atoms with van der Waals surface area (Å²) in [5, 5.41) is 2.59. The van der Waals surface area contributed by atoms with Crippen LogP contribution in [0.5, 0.6) is 0 Å². The summed E-state index contributed by atoms with van der Waals surface area (Å²) in [5.74, 6) is -1.65. The Labute approximate surface area is 128 Å². The van der Waals surface area contributed by atoms with Gasteiger partial charge < -0.3 is 11.1 Å². The van der Waals surface area contributed by atoms with Crippen LogP contribution in [0.4, 0.5) is 4.39 Å². The largest absolute Gasteiger partial charge is 0.368 e. The number of benzene rings is 1. The third-order valence-corrected chi connectivity index (χ3v) is 3.87. The zero-order valence-corrected chi connectivity index (χ0v) is 12.2. The number of rotatable bonds is 5. The molecule has 0 heterocycles. The van der Waals surface area contributed by atoms with E-state index in [1.807, 2.05) is 0 Å². The molecule has 2 amide bonds. The number of carbonyl (C=O) groups is 3. The Kier molecular flexibility index (Phi) is 5.25. The number of hydrogen-bond acceptors (Lipinski definition) is 3. The molecule has 3 N–H and O–H groups in total. The van der Waals surface area contributed by atoms with E-state index in [9.17, 15) is 18.8 Å². The molecule has 1 aliphatic carbocycles. The minimum absolute atomic E-state index is 0.0395. The summed E-state index contributed by atoms with van der Waals surface area (Å²) in [7, 11) is 0. The average Bonchev–Trinajstić information content (AvgIpc) is 2.44. The molecular weight excluding hydrogens is 287 g/mol. The fourth-order valence-electron chi connectivity index (χ4n) is 2.82.